The summed E-state index contributed by atoms with van der Waals surface area (Å²) in [5, 5.41) is 16.1. The van der Waals surface area contributed by atoms with Crippen LogP contribution in [0.2, 0.25) is 0 Å². The molecule has 0 saturated heterocycles. The van der Waals surface area contributed by atoms with Crippen molar-refractivity contribution in [2.24, 2.45) is 0 Å². The zero-order valence-electron chi connectivity index (χ0n) is 15.1. The molecule has 0 amide bonds. The molecule has 136 valence electrons. The fraction of sp³-hybridized carbons (Fsp3) is 0.150. The Labute approximate surface area is 155 Å². The van der Waals surface area contributed by atoms with Gasteiger partial charge in [0.05, 0.1) is 19.0 Å². The van der Waals surface area contributed by atoms with Gasteiger partial charge < -0.3 is 10.1 Å². The van der Waals surface area contributed by atoms with E-state index in [4.69, 9.17) is 4.74 Å². The predicted octanol–water partition coefficient (Wildman–Crippen LogP) is 3.23. The third kappa shape index (κ3) is 3.39. The van der Waals surface area contributed by atoms with Gasteiger partial charge in [0, 0.05) is 17.1 Å². The topological polar surface area (TPSA) is 84.8 Å². The zero-order chi connectivity index (χ0) is 18.8. The average Bonchev–Trinajstić information content (AvgIpc) is 3.10. The number of ether oxygens (including phenoxy) is 1. The molecule has 2 aromatic carbocycles. The van der Waals surface area contributed by atoms with Gasteiger partial charge in [0.1, 0.15) is 5.75 Å². The highest BCUT2D eigenvalue weighted by Gasteiger charge is 2.13. The van der Waals surface area contributed by atoms with Gasteiger partial charge in [-0.2, -0.15) is 10.2 Å². The Balaban J connectivity index is 1.86. The standard InChI is InChI=1S/C20H19N5O2/c1-13-10-18(23-22-13)21-19-16-9-8-15(27-2)11-17(16)20(26)25(24-19)12-14-6-4-3-5-7-14/h3-11H,12H2,1-2H3,(H2,21,22,23,24). The Morgan fingerprint density at radius 2 is 1.93 bits per heavy atom. The molecule has 0 radical (unpaired) electrons. The van der Waals surface area contributed by atoms with Crippen LogP contribution in [-0.2, 0) is 6.54 Å². The minimum atomic E-state index is -0.170. The number of H-pyrrole nitrogens is 1. The Hall–Kier alpha value is -3.61. The second kappa shape index (κ2) is 6.95. The average molecular weight is 361 g/mol. The third-order valence-electron chi connectivity index (χ3n) is 4.29. The smallest absolute Gasteiger partial charge is 0.275 e. The molecule has 2 N–H and O–H groups in total. The number of nitrogens with one attached hydrogen (secondary N) is 2. The van der Waals surface area contributed by atoms with Crippen LogP contribution in [0.1, 0.15) is 11.3 Å². The SMILES string of the molecule is COc1ccc2c(Nc3cc(C)[nH]n3)nn(Cc3ccccc3)c(=O)c2c1. The van der Waals surface area contributed by atoms with Crippen molar-refractivity contribution in [3.63, 3.8) is 0 Å². The van der Waals surface area contributed by atoms with Crippen molar-refractivity contribution in [1.82, 2.24) is 20.0 Å². The molecule has 7 nitrogen and oxygen atoms in total. The lowest BCUT2D eigenvalue weighted by Crippen LogP contribution is -2.24. The van der Waals surface area contributed by atoms with Crippen molar-refractivity contribution in [1.29, 1.82) is 0 Å². The molecule has 4 aromatic rings. The summed E-state index contributed by atoms with van der Waals surface area (Å²) in [4.78, 5) is 13.0. The number of hydrogen-bond donors (Lipinski definition) is 2. The van der Waals surface area contributed by atoms with Crippen LogP contribution >= 0.6 is 0 Å². The summed E-state index contributed by atoms with van der Waals surface area (Å²) < 4.78 is 6.75. The zero-order valence-corrected chi connectivity index (χ0v) is 15.1. The fourth-order valence-electron chi connectivity index (χ4n) is 2.95. The summed E-state index contributed by atoms with van der Waals surface area (Å²) in [5.74, 6) is 1.83. The molecule has 0 unspecified atom stereocenters. The maximum Gasteiger partial charge on any atom is 0.275 e. The molecule has 4 rings (SSSR count). The molecule has 0 bridgehead atoms. The number of hydrogen-bond acceptors (Lipinski definition) is 5. The molecule has 2 aromatic heterocycles. The first kappa shape index (κ1) is 16.8. The van der Waals surface area contributed by atoms with Gasteiger partial charge in [0.15, 0.2) is 11.6 Å². The van der Waals surface area contributed by atoms with E-state index in [-0.39, 0.29) is 5.56 Å². The largest absolute Gasteiger partial charge is 0.497 e. The predicted molar refractivity (Wildman–Crippen MR) is 105 cm³/mol. The van der Waals surface area contributed by atoms with Crippen LogP contribution in [0.15, 0.2) is 59.4 Å². The van der Waals surface area contributed by atoms with E-state index in [9.17, 15) is 4.79 Å². The van der Waals surface area contributed by atoms with E-state index >= 15 is 0 Å². The quantitative estimate of drug-likeness (QED) is 0.570. The molecule has 0 atom stereocenters. The van der Waals surface area contributed by atoms with Gasteiger partial charge in [-0.15, -0.1) is 0 Å². The maximum atomic E-state index is 13.0. The number of rotatable bonds is 5. The molecule has 0 aliphatic carbocycles. The van der Waals surface area contributed by atoms with Crippen LogP contribution < -0.4 is 15.6 Å². The van der Waals surface area contributed by atoms with E-state index in [1.54, 1.807) is 13.2 Å². The number of aromatic amines is 1. The second-order valence-electron chi connectivity index (χ2n) is 6.27. The van der Waals surface area contributed by atoms with Gasteiger partial charge >= 0.3 is 0 Å². The summed E-state index contributed by atoms with van der Waals surface area (Å²) in [5.41, 5.74) is 1.76. The summed E-state index contributed by atoms with van der Waals surface area (Å²) in [6, 6.07) is 17.0. The summed E-state index contributed by atoms with van der Waals surface area (Å²) >= 11 is 0. The van der Waals surface area contributed by atoms with Crippen LogP contribution in [0.3, 0.4) is 0 Å². The molecule has 0 spiro atoms. The molecule has 0 saturated carbocycles. The number of fused-ring (bicyclic) bond motifs is 1. The number of benzene rings is 2. The monoisotopic (exact) mass is 361 g/mol. The lowest BCUT2D eigenvalue weighted by molar-refractivity contribution is 0.415. The van der Waals surface area contributed by atoms with Gasteiger partial charge in [0.25, 0.3) is 5.56 Å². The first-order valence-corrected chi connectivity index (χ1v) is 8.56. The van der Waals surface area contributed by atoms with Crippen LogP contribution in [0.25, 0.3) is 10.8 Å². The lowest BCUT2D eigenvalue weighted by atomic mass is 10.1. The molecule has 0 aliphatic heterocycles. The van der Waals surface area contributed by atoms with Crippen molar-refractivity contribution in [2.45, 2.75) is 13.5 Å². The van der Waals surface area contributed by atoms with Crippen molar-refractivity contribution >= 4 is 22.4 Å². The molecule has 7 heteroatoms. The molecule has 2 heterocycles. The Kier molecular flexibility index (Phi) is 4.33. The van der Waals surface area contributed by atoms with Crippen LogP contribution in [0.5, 0.6) is 5.75 Å². The van der Waals surface area contributed by atoms with Gasteiger partial charge in [-0.25, -0.2) is 4.68 Å². The van der Waals surface area contributed by atoms with Crippen molar-refractivity contribution in [3.8, 4) is 5.75 Å². The molecule has 0 fully saturated rings. The van der Waals surface area contributed by atoms with Crippen LogP contribution in [0.4, 0.5) is 11.6 Å². The third-order valence-corrected chi connectivity index (χ3v) is 4.29. The van der Waals surface area contributed by atoms with Gasteiger partial charge in [0.2, 0.25) is 0 Å². The number of anilines is 2. The minimum absolute atomic E-state index is 0.170. The fourth-order valence-corrected chi connectivity index (χ4v) is 2.95. The highest BCUT2D eigenvalue weighted by atomic mass is 16.5. The summed E-state index contributed by atoms with van der Waals surface area (Å²) in [7, 11) is 1.58. The number of aromatic nitrogens is 4. The van der Waals surface area contributed by atoms with E-state index in [1.165, 1.54) is 4.68 Å². The first-order valence-electron chi connectivity index (χ1n) is 8.56. The van der Waals surface area contributed by atoms with E-state index < -0.39 is 0 Å². The Morgan fingerprint density at radius 1 is 1.11 bits per heavy atom. The lowest BCUT2D eigenvalue weighted by Gasteiger charge is -2.12. The summed E-state index contributed by atoms with van der Waals surface area (Å²) in [6.07, 6.45) is 0. The minimum Gasteiger partial charge on any atom is -0.497 e. The van der Waals surface area contributed by atoms with E-state index in [0.29, 0.717) is 34.7 Å². The van der Waals surface area contributed by atoms with Crippen LogP contribution in [-0.4, -0.2) is 27.1 Å². The molecule has 27 heavy (non-hydrogen) atoms. The van der Waals surface area contributed by atoms with Gasteiger partial charge in [-0.3, -0.25) is 9.89 Å². The van der Waals surface area contributed by atoms with Crippen molar-refractivity contribution in [2.75, 3.05) is 12.4 Å². The maximum absolute atomic E-state index is 13.0. The van der Waals surface area contributed by atoms with Crippen molar-refractivity contribution in [3.05, 3.63) is 76.2 Å². The van der Waals surface area contributed by atoms with Gasteiger partial charge in [-0.05, 0) is 30.7 Å². The summed E-state index contributed by atoms with van der Waals surface area (Å²) in [6.45, 7) is 2.30. The van der Waals surface area contributed by atoms with Crippen LogP contribution in [0, 0.1) is 6.92 Å². The number of methoxy groups -OCH3 is 1. The number of nitrogens with zero attached hydrogens (tertiary/aromatic N) is 3. The highest BCUT2D eigenvalue weighted by molar-refractivity contribution is 5.93. The van der Waals surface area contributed by atoms with E-state index in [1.807, 2.05) is 55.5 Å². The highest BCUT2D eigenvalue weighted by Crippen LogP contribution is 2.25. The molecule has 0 aliphatic rings. The van der Waals surface area contributed by atoms with Gasteiger partial charge in [-0.1, -0.05) is 30.3 Å². The second-order valence-corrected chi connectivity index (χ2v) is 6.27. The van der Waals surface area contributed by atoms with E-state index in [0.717, 1.165) is 11.3 Å². The molecular formula is C20H19N5O2. The Bertz CT molecular complexity index is 1150. The normalized spacial score (nSPS) is 10.9. The Morgan fingerprint density at radius 3 is 2.63 bits per heavy atom. The molecular weight excluding hydrogens is 342 g/mol. The van der Waals surface area contributed by atoms with E-state index in [2.05, 4.69) is 20.6 Å². The first-order chi connectivity index (χ1) is 13.1. The van der Waals surface area contributed by atoms with Crippen molar-refractivity contribution < 1.29 is 4.74 Å². The number of aryl methyl sites for hydroxylation is 1.